The predicted molar refractivity (Wildman–Crippen MR) is 210 cm³/mol. The average molecular weight is 745 g/mol. The van der Waals surface area contributed by atoms with Gasteiger partial charge >= 0.3 is 275 Å². The summed E-state index contributed by atoms with van der Waals surface area (Å²) in [5, 5.41) is 0. The van der Waals surface area contributed by atoms with Gasteiger partial charge in [-0.15, -0.1) is 24.8 Å². The zero-order valence-corrected chi connectivity index (χ0v) is 34.7. The van der Waals surface area contributed by atoms with E-state index in [4.69, 9.17) is 4.21 Å². The monoisotopic (exact) mass is 742 g/mol. The van der Waals surface area contributed by atoms with Crippen molar-refractivity contribution in [1.82, 2.24) is 0 Å². The third-order valence-electron chi connectivity index (χ3n) is 12.5. The Hall–Kier alpha value is -2.05. The molecule has 4 aliphatic carbocycles. The summed E-state index contributed by atoms with van der Waals surface area (Å²) in [6.45, 7) is 26.2. The fourth-order valence-corrected chi connectivity index (χ4v) is 29.1. The Morgan fingerprint density at radius 2 is 1.32 bits per heavy atom. The number of hydrogen-bond acceptors (Lipinski definition) is 0. The van der Waals surface area contributed by atoms with Gasteiger partial charge in [-0.25, -0.2) is 0 Å². The molecule has 0 fully saturated rings. The van der Waals surface area contributed by atoms with Gasteiger partial charge in [0.05, 0.1) is 0 Å². The first-order chi connectivity index (χ1) is 20.9. The fourth-order valence-electron chi connectivity index (χ4n) is 10.9. The molecule has 0 aliphatic heterocycles. The first kappa shape index (κ1) is 36.2. The minimum absolute atomic E-state index is 0. The maximum atomic E-state index is 5.62. The van der Waals surface area contributed by atoms with Crippen molar-refractivity contribution in [2.75, 3.05) is 0 Å². The molecule has 3 aromatic carbocycles. The van der Waals surface area contributed by atoms with Crippen LogP contribution in [-0.2, 0) is 35.5 Å². The van der Waals surface area contributed by atoms with Crippen LogP contribution >= 0.6 is 24.8 Å². The molecule has 3 aromatic rings. The van der Waals surface area contributed by atoms with Crippen LogP contribution < -0.4 is 3.27 Å². The number of aryl methyl sites for hydroxylation is 1. The maximum absolute atomic E-state index is 5.62. The molecule has 248 valence electrons. The van der Waals surface area contributed by atoms with Crippen LogP contribution in [-0.4, -0.2) is 4.21 Å². The summed E-state index contributed by atoms with van der Waals surface area (Å²) in [6, 6.07) is 19.8. The van der Waals surface area contributed by atoms with Crippen molar-refractivity contribution in [3.63, 3.8) is 0 Å². The summed E-state index contributed by atoms with van der Waals surface area (Å²) in [7, 11) is 0. The molecule has 0 saturated heterocycles. The number of rotatable bonds is 4. The SMILES string of the molecule is Cl.Cl.[CH2]=[Zr]([CH3])([C]1=C(C)C(C(C)C)=CC1C)([C]1=C(C)c2cc3c(cc2C1(C)C)Cc1cc2c(cc1-3)C(C)=CC2(C)C)[c]1ccc(C)cc1. The summed E-state index contributed by atoms with van der Waals surface area (Å²) in [5.74, 6) is 0.913. The molecule has 1 unspecified atom stereocenters. The quantitative estimate of drug-likeness (QED) is 0.195. The first-order valence-electron chi connectivity index (χ1n) is 17.2. The number of fused-ring (bicyclic) bond motifs is 5. The van der Waals surface area contributed by atoms with Crippen molar-refractivity contribution in [2.24, 2.45) is 11.8 Å². The van der Waals surface area contributed by atoms with E-state index in [1.807, 2.05) is 0 Å². The van der Waals surface area contributed by atoms with Gasteiger partial charge in [-0.2, -0.15) is 0 Å². The van der Waals surface area contributed by atoms with Gasteiger partial charge in [0, 0.05) is 0 Å². The Morgan fingerprint density at radius 3 is 1.87 bits per heavy atom. The average Bonchev–Trinajstić information content (AvgIpc) is 3.59. The normalized spacial score (nSPS) is 20.3. The van der Waals surface area contributed by atoms with E-state index in [1.54, 1.807) is 6.56 Å². The Morgan fingerprint density at radius 1 is 0.766 bits per heavy atom. The van der Waals surface area contributed by atoms with Crippen LogP contribution in [0.3, 0.4) is 0 Å². The van der Waals surface area contributed by atoms with Crippen molar-refractivity contribution < 1.29 is 18.3 Å². The van der Waals surface area contributed by atoms with Crippen LogP contribution in [0.15, 0.2) is 78.4 Å². The van der Waals surface area contributed by atoms with Crippen molar-refractivity contribution in [3.8, 4) is 11.1 Å². The van der Waals surface area contributed by atoms with Crippen molar-refractivity contribution in [2.45, 2.75) is 98.0 Å². The molecule has 3 heteroatoms. The van der Waals surface area contributed by atoms with Crippen molar-refractivity contribution in [3.05, 3.63) is 117 Å². The van der Waals surface area contributed by atoms with E-state index in [9.17, 15) is 0 Å². The van der Waals surface area contributed by atoms with Gasteiger partial charge in [0.2, 0.25) is 0 Å². The topological polar surface area (TPSA) is 0 Å². The second kappa shape index (κ2) is 11.2. The predicted octanol–water partition coefficient (Wildman–Crippen LogP) is 12.1. The Kier molecular flexibility index (Phi) is 8.66. The molecule has 4 aliphatic rings. The molecule has 0 radical (unpaired) electrons. The van der Waals surface area contributed by atoms with E-state index in [1.165, 1.54) is 75.6 Å². The molecule has 0 amide bonds. The molecule has 47 heavy (non-hydrogen) atoms. The van der Waals surface area contributed by atoms with Crippen LogP contribution in [0.2, 0.25) is 4.63 Å². The van der Waals surface area contributed by atoms with Gasteiger partial charge in [-0.3, -0.25) is 0 Å². The molecule has 0 saturated carbocycles. The zero-order valence-electron chi connectivity index (χ0n) is 30.7. The standard InChI is InChI=1S/C25H25.C10H15.C7H7.CH3.CH2.2ClH.Zr/c1-14-12-24(3,4)22-8-16-7-17-9-23-19(15(2)13-25(23,5)6)11-21(17)20(16)10-18(14)22;1-7(2)10-6-8(3)5-9(10)4;1-7-5-3-2-4-6-7;;;;;/h8-12H,7H2,1-6H3;6-8H,1-4H3;3-6H,1H3;1H3;1H2;2*1H;. The van der Waals surface area contributed by atoms with Gasteiger partial charge in [-0.05, 0) is 0 Å². The van der Waals surface area contributed by atoms with Gasteiger partial charge in [0.25, 0.3) is 0 Å². The summed E-state index contributed by atoms with van der Waals surface area (Å²) >= 11 is -4.39. The van der Waals surface area contributed by atoms with E-state index in [0.717, 1.165) is 6.42 Å². The molecular weight excluding hydrogens is 691 g/mol. The zero-order chi connectivity index (χ0) is 32.6. The second-order valence-electron chi connectivity index (χ2n) is 16.9. The Balaban J connectivity index is 0.00000217. The second-order valence-corrected chi connectivity index (χ2v) is 30.8. The Bertz CT molecular complexity index is 2060. The van der Waals surface area contributed by atoms with Crippen LogP contribution in [0.4, 0.5) is 0 Å². The Labute approximate surface area is 298 Å². The van der Waals surface area contributed by atoms with Gasteiger partial charge in [0.1, 0.15) is 0 Å². The van der Waals surface area contributed by atoms with E-state index >= 15 is 0 Å². The van der Waals surface area contributed by atoms with Crippen LogP contribution in [0, 0.1) is 18.8 Å². The van der Waals surface area contributed by atoms with E-state index in [-0.39, 0.29) is 35.6 Å². The van der Waals surface area contributed by atoms with Gasteiger partial charge < -0.3 is 0 Å². The summed E-state index contributed by atoms with van der Waals surface area (Å²) < 4.78 is 13.1. The molecule has 1 atom stereocenters. The summed E-state index contributed by atoms with van der Waals surface area (Å²) in [6.07, 6.45) is 6.04. The van der Waals surface area contributed by atoms with Crippen molar-refractivity contribution >= 4 is 43.4 Å². The molecule has 0 nitrogen and oxygen atoms in total. The van der Waals surface area contributed by atoms with Crippen molar-refractivity contribution in [1.29, 1.82) is 0 Å². The van der Waals surface area contributed by atoms with Crippen LogP contribution in [0.25, 0.3) is 22.3 Å². The molecule has 0 heterocycles. The van der Waals surface area contributed by atoms with Crippen LogP contribution in [0.1, 0.15) is 108 Å². The van der Waals surface area contributed by atoms with E-state index in [2.05, 4.69) is 141 Å². The van der Waals surface area contributed by atoms with Crippen LogP contribution in [0.5, 0.6) is 0 Å². The molecule has 0 aromatic heterocycles. The molecule has 0 N–H and O–H groups in total. The van der Waals surface area contributed by atoms with Gasteiger partial charge in [-0.1, -0.05) is 0 Å². The third kappa shape index (κ3) is 4.80. The van der Waals surface area contributed by atoms with Gasteiger partial charge in [0.15, 0.2) is 0 Å². The minimum atomic E-state index is -4.39. The summed E-state index contributed by atoms with van der Waals surface area (Å²) in [4.78, 5) is 0. The molecule has 0 bridgehead atoms. The molecule has 0 spiro atoms. The van der Waals surface area contributed by atoms with E-state index < -0.39 is 18.3 Å². The van der Waals surface area contributed by atoms with E-state index in [0.29, 0.717) is 11.8 Å². The number of allylic oxidation sites excluding steroid dienone is 8. The number of benzene rings is 3. The molecule has 7 rings (SSSR count). The molecular formula is C44H54Cl2Zr. The summed E-state index contributed by atoms with van der Waals surface area (Å²) in [5.41, 5.74) is 19.0. The number of halogens is 2. The fraction of sp³-hybridized carbons (Fsp3) is 0.386. The third-order valence-corrected chi connectivity index (χ3v) is 28.6. The first-order valence-corrected chi connectivity index (χ1v) is 25.1. The number of hydrogen-bond donors (Lipinski definition) is 0.